The lowest BCUT2D eigenvalue weighted by molar-refractivity contribution is -0.161. The normalized spacial score (nSPS) is 43.1. The molecule has 4 bridgehead atoms. The minimum absolute atomic E-state index is 0.0292. The third-order valence-corrected chi connectivity index (χ3v) is 5.04. The van der Waals surface area contributed by atoms with Crippen molar-refractivity contribution in [2.45, 2.75) is 70.2 Å². The maximum Gasteiger partial charge on any atom is 0.306 e. The molecule has 0 spiro atoms. The molecule has 21 heavy (non-hydrogen) atoms. The highest BCUT2D eigenvalue weighted by Gasteiger charge is 2.54. The van der Waals surface area contributed by atoms with E-state index in [-0.39, 0.29) is 18.2 Å². The smallest absolute Gasteiger partial charge is 0.306 e. The number of carbonyl (C=O) groups is 1. The van der Waals surface area contributed by atoms with Crippen LogP contribution >= 0.6 is 0 Å². The summed E-state index contributed by atoms with van der Waals surface area (Å²) in [4.78, 5) is 12.0. The van der Waals surface area contributed by atoms with Gasteiger partial charge in [-0.3, -0.25) is 4.79 Å². The van der Waals surface area contributed by atoms with E-state index in [1.165, 1.54) is 0 Å². The van der Waals surface area contributed by atoms with Gasteiger partial charge in [0, 0.05) is 12.3 Å². The van der Waals surface area contributed by atoms with Crippen molar-refractivity contribution in [1.29, 1.82) is 0 Å². The molecule has 0 N–H and O–H groups in total. The summed E-state index contributed by atoms with van der Waals surface area (Å²) in [5.41, 5.74) is 0. The summed E-state index contributed by atoms with van der Waals surface area (Å²) in [7, 11) is 0. The Morgan fingerprint density at radius 2 is 2.14 bits per heavy atom. The van der Waals surface area contributed by atoms with Crippen LogP contribution in [0.1, 0.15) is 51.9 Å². The summed E-state index contributed by atoms with van der Waals surface area (Å²) in [5, 5.41) is 0. The largest absolute Gasteiger partial charge is 0.460 e. The van der Waals surface area contributed by atoms with E-state index in [9.17, 15) is 4.79 Å². The molecule has 3 heteroatoms. The van der Waals surface area contributed by atoms with E-state index in [0.29, 0.717) is 24.4 Å². The van der Waals surface area contributed by atoms with Gasteiger partial charge < -0.3 is 9.47 Å². The van der Waals surface area contributed by atoms with Crippen LogP contribution < -0.4 is 0 Å². The van der Waals surface area contributed by atoms with Gasteiger partial charge in [-0.1, -0.05) is 31.2 Å². The number of hydrogen-bond donors (Lipinski definition) is 0. The predicted octanol–water partition coefficient (Wildman–Crippen LogP) is 3.79. The summed E-state index contributed by atoms with van der Waals surface area (Å²) in [6.45, 7) is 2.18. The van der Waals surface area contributed by atoms with Gasteiger partial charge in [0.25, 0.3) is 0 Å². The van der Waals surface area contributed by atoms with Crippen LogP contribution in [0.25, 0.3) is 0 Å². The summed E-state index contributed by atoms with van der Waals surface area (Å²) in [6.07, 6.45) is 16.0. The molecular formula is C18H26O3. The molecule has 3 rings (SSSR count). The van der Waals surface area contributed by atoms with Crippen molar-refractivity contribution in [2.75, 3.05) is 0 Å². The molecule has 0 radical (unpaired) electrons. The minimum Gasteiger partial charge on any atom is -0.460 e. The maximum atomic E-state index is 12.0. The van der Waals surface area contributed by atoms with E-state index in [1.807, 2.05) is 0 Å². The first-order valence-corrected chi connectivity index (χ1v) is 8.46. The maximum absolute atomic E-state index is 12.0. The lowest BCUT2D eigenvalue weighted by Crippen LogP contribution is -2.34. The van der Waals surface area contributed by atoms with E-state index in [4.69, 9.17) is 9.47 Å². The number of hydrogen-bond acceptors (Lipinski definition) is 3. The Kier molecular flexibility index (Phi) is 4.79. The second kappa shape index (κ2) is 6.78. The number of carbonyl (C=O) groups excluding carboxylic acids is 1. The molecule has 5 atom stereocenters. The van der Waals surface area contributed by atoms with E-state index in [0.717, 1.165) is 38.5 Å². The summed E-state index contributed by atoms with van der Waals surface area (Å²) in [5.74, 6) is 0.889. The highest BCUT2D eigenvalue weighted by molar-refractivity contribution is 5.69. The number of allylic oxidation sites excluding steroid dienone is 3. The molecule has 1 saturated heterocycles. The van der Waals surface area contributed by atoms with Gasteiger partial charge in [-0.2, -0.15) is 0 Å². The molecule has 2 heterocycles. The van der Waals surface area contributed by atoms with Crippen LogP contribution in [-0.4, -0.2) is 24.3 Å². The molecule has 1 aliphatic carbocycles. The zero-order chi connectivity index (χ0) is 14.7. The molecule has 1 saturated carbocycles. The third-order valence-electron chi connectivity index (χ3n) is 5.04. The Morgan fingerprint density at radius 1 is 1.24 bits per heavy atom. The molecule has 3 nitrogen and oxygen atoms in total. The third kappa shape index (κ3) is 3.23. The van der Waals surface area contributed by atoms with Gasteiger partial charge in [0.05, 0.1) is 6.10 Å². The number of rotatable bonds is 1. The van der Waals surface area contributed by atoms with Crippen molar-refractivity contribution in [2.24, 2.45) is 11.8 Å². The molecule has 2 fully saturated rings. The van der Waals surface area contributed by atoms with Crippen molar-refractivity contribution in [3.05, 3.63) is 24.3 Å². The molecule has 3 aliphatic rings. The molecule has 0 amide bonds. The number of esters is 1. The second-order valence-corrected chi connectivity index (χ2v) is 6.43. The SMILES string of the molecule is CCC1OC2[C@H]3/C=C\C/C=C\CCCCC(=O)O[C@@H]2C[C@@H]13. The van der Waals surface area contributed by atoms with Gasteiger partial charge in [-0.25, -0.2) is 0 Å². The van der Waals surface area contributed by atoms with Gasteiger partial charge in [0.1, 0.15) is 12.2 Å². The van der Waals surface area contributed by atoms with Crippen molar-refractivity contribution in [3.8, 4) is 0 Å². The first-order chi connectivity index (χ1) is 10.3. The molecule has 2 unspecified atom stereocenters. The first kappa shape index (κ1) is 14.8. The lowest BCUT2D eigenvalue weighted by Gasteiger charge is -2.27. The molecular weight excluding hydrogens is 264 g/mol. The van der Waals surface area contributed by atoms with Crippen LogP contribution in [0.4, 0.5) is 0 Å². The fourth-order valence-electron chi connectivity index (χ4n) is 3.99. The molecule has 2 aliphatic heterocycles. The van der Waals surface area contributed by atoms with Crippen LogP contribution in [0.15, 0.2) is 24.3 Å². The van der Waals surface area contributed by atoms with Gasteiger partial charge in [-0.05, 0) is 44.4 Å². The van der Waals surface area contributed by atoms with Crippen molar-refractivity contribution >= 4 is 5.97 Å². The average Bonchev–Trinajstić information content (AvgIpc) is 2.98. The van der Waals surface area contributed by atoms with Crippen molar-refractivity contribution in [1.82, 2.24) is 0 Å². The summed E-state index contributed by atoms with van der Waals surface area (Å²) in [6, 6.07) is 0. The monoisotopic (exact) mass is 290 g/mol. The molecule has 0 aromatic carbocycles. The van der Waals surface area contributed by atoms with Crippen molar-refractivity contribution < 1.29 is 14.3 Å². The zero-order valence-electron chi connectivity index (χ0n) is 12.9. The van der Waals surface area contributed by atoms with E-state index in [1.54, 1.807) is 0 Å². The fourth-order valence-corrected chi connectivity index (χ4v) is 3.99. The fraction of sp³-hybridized carbons (Fsp3) is 0.722. The molecule has 116 valence electrons. The second-order valence-electron chi connectivity index (χ2n) is 6.43. The molecule has 0 aromatic heterocycles. The predicted molar refractivity (Wildman–Crippen MR) is 81.8 cm³/mol. The Labute approximate surface area is 127 Å². The van der Waals surface area contributed by atoms with E-state index >= 15 is 0 Å². The Balaban J connectivity index is 1.73. The van der Waals surface area contributed by atoms with Crippen LogP contribution in [-0.2, 0) is 14.3 Å². The quantitative estimate of drug-likeness (QED) is 0.544. The van der Waals surface area contributed by atoms with E-state index in [2.05, 4.69) is 31.2 Å². The summed E-state index contributed by atoms with van der Waals surface area (Å²) >= 11 is 0. The molecule has 0 aromatic rings. The highest BCUT2D eigenvalue weighted by Crippen LogP contribution is 2.48. The number of ether oxygens (including phenoxy) is 2. The Morgan fingerprint density at radius 3 is 3.00 bits per heavy atom. The Bertz CT molecular complexity index is 426. The standard InChI is InChI=1S/C18H26O3/c1-2-15-14-12-16-18(21-15)13(14)10-8-6-4-3-5-7-9-11-17(19)20-16/h3-4,8,10,13-16,18H,2,5-7,9,11-12H2,1H3/b4-3-,10-8-/t13-,14+,15?,16+,18?/m0/s1. The highest BCUT2D eigenvalue weighted by atomic mass is 16.6. The van der Waals surface area contributed by atoms with Crippen LogP contribution in [0.2, 0.25) is 0 Å². The van der Waals surface area contributed by atoms with E-state index < -0.39 is 0 Å². The van der Waals surface area contributed by atoms with Crippen LogP contribution in [0.5, 0.6) is 0 Å². The van der Waals surface area contributed by atoms with Gasteiger partial charge in [-0.15, -0.1) is 0 Å². The first-order valence-electron chi connectivity index (χ1n) is 8.46. The Hall–Kier alpha value is -1.09. The zero-order valence-corrected chi connectivity index (χ0v) is 12.9. The minimum atomic E-state index is -0.0482. The van der Waals surface area contributed by atoms with Gasteiger partial charge in [0.15, 0.2) is 0 Å². The lowest BCUT2D eigenvalue weighted by atomic mass is 9.91. The topological polar surface area (TPSA) is 35.5 Å². The van der Waals surface area contributed by atoms with Crippen LogP contribution in [0.3, 0.4) is 0 Å². The van der Waals surface area contributed by atoms with Gasteiger partial charge >= 0.3 is 5.97 Å². The average molecular weight is 290 g/mol. The van der Waals surface area contributed by atoms with Crippen molar-refractivity contribution in [3.63, 3.8) is 0 Å². The van der Waals surface area contributed by atoms with Crippen LogP contribution in [0, 0.1) is 11.8 Å². The van der Waals surface area contributed by atoms with Gasteiger partial charge in [0.2, 0.25) is 0 Å². The summed E-state index contributed by atoms with van der Waals surface area (Å²) < 4.78 is 11.8.